The molecule has 102 valence electrons. The number of aromatic nitrogens is 2. The molecule has 0 aliphatic rings. The van der Waals surface area contributed by atoms with Crippen LogP contribution in [-0.2, 0) is 10.0 Å². The van der Waals surface area contributed by atoms with Crippen LogP contribution in [0.25, 0.3) is 0 Å². The largest absolute Gasteiger partial charge is 0.495 e. The molecule has 0 spiro atoms. The van der Waals surface area contributed by atoms with Gasteiger partial charge in [0.1, 0.15) is 11.6 Å². The number of benzene rings is 1. The summed E-state index contributed by atoms with van der Waals surface area (Å²) in [6.07, 6.45) is 1.25. The zero-order valence-corrected chi connectivity index (χ0v) is 11.3. The Labute approximate surface area is 110 Å². The van der Waals surface area contributed by atoms with Crippen molar-refractivity contribution in [1.29, 1.82) is 0 Å². The first-order chi connectivity index (χ1) is 8.92. The molecule has 0 bridgehead atoms. The van der Waals surface area contributed by atoms with Crippen LogP contribution in [0, 0.1) is 6.92 Å². The number of nitrogens with two attached hydrogens (primary N) is 1. The van der Waals surface area contributed by atoms with Gasteiger partial charge < -0.3 is 15.5 Å². The maximum absolute atomic E-state index is 12.1. The molecule has 0 aliphatic heterocycles. The highest BCUT2D eigenvalue weighted by Gasteiger charge is 2.18. The number of anilines is 2. The zero-order chi connectivity index (χ0) is 14.0. The Bertz CT molecular complexity index is 694. The first-order valence-corrected chi connectivity index (χ1v) is 6.88. The van der Waals surface area contributed by atoms with Crippen molar-refractivity contribution < 1.29 is 13.2 Å². The summed E-state index contributed by atoms with van der Waals surface area (Å²) in [4.78, 5) is 6.51. The third-order valence-corrected chi connectivity index (χ3v) is 3.71. The molecule has 1 heterocycles. The lowest BCUT2D eigenvalue weighted by Gasteiger charge is -2.11. The van der Waals surface area contributed by atoms with Crippen molar-refractivity contribution in [2.75, 3.05) is 17.6 Å². The van der Waals surface area contributed by atoms with Crippen LogP contribution in [0.2, 0.25) is 0 Å². The molecule has 1 aromatic heterocycles. The molecule has 0 saturated carbocycles. The fraction of sp³-hybridized carbons (Fsp3) is 0.182. The summed E-state index contributed by atoms with van der Waals surface area (Å²) in [5, 5.41) is -0.0190. The molecule has 7 nitrogen and oxygen atoms in total. The summed E-state index contributed by atoms with van der Waals surface area (Å²) in [5.74, 6) is 0.897. The minimum Gasteiger partial charge on any atom is -0.495 e. The molecule has 0 amide bonds. The van der Waals surface area contributed by atoms with Gasteiger partial charge in [0.2, 0.25) is 0 Å². The molecule has 0 unspecified atom stereocenters. The number of hydrogen-bond acceptors (Lipinski definition) is 5. The van der Waals surface area contributed by atoms with E-state index in [0.717, 1.165) is 0 Å². The van der Waals surface area contributed by atoms with E-state index in [1.807, 2.05) is 0 Å². The van der Waals surface area contributed by atoms with Gasteiger partial charge in [-0.05, 0) is 25.1 Å². The van der Waals surface area contributed by atoms with Gasteiger partial charge in [-0.1, -0.05) is 0 Å². The number of aromatic amines is 1. The smallest absolute Gasteiger partial charge is 0.279 e. The second kappa shape index (κ2) is 4.81. The second-order valence-electron chi connectivity index (χ2n) is 3.90. The summed E-state index contributed by atoms with van der Waals surface area (Å²) in [6.45, 7) is 1.67. The first-order valence-electron chi connectivity index (χ1n) is 5.40. The van der Waals surface area contributed by atoms with Crippen molar-refractivity contribution in [2.45, 2.75) is 11.9 Å². The number of imidazole rings is 1. The normalized spacial score (nSPS) is 11.3. The van der Waals surface area contributed by atoms with Crippen LogP contribution in [0.4, 0.5) is 11.4 Å². The molecule has 0 radical (unpaired) electrons. The highest BCUT2D eigenvalue weighted by Crippen LogP contribution is 2.28. The summed E-state index contributed by atoms with van der Waals surface area (Å²) in [6, 6.07) is 4.70. The molecular weight excluding hydrogens is 268 g/mol. The number of hydrogen-bond donors (Lipinski definition) is 3. The van der Waals surface area contributed by atoms with E-state index in [2.05, 4.69) is 14.7 Å². The third kappa shape index (κ3) is 2.79. The van der Waals surface area contributed by atoms with E-state index < -0.39 is 10.0 Å². The Balaban J connectivity index is 2.38. The van der Waals surface area contributed by atoms with E-state index in [-0.39, 0.29) is 10.7 Å². The second-order valence-corrected chi connectivity index (χ2v) is 5.55. The van der Waals surface area contributed by atoms with Crippen molar-refractivity contribution in [1.82, 2.24) is 9.97 Å². The summed E-state index contributed by atoms with van der Waals surface area (Å²) in [7, 11) is -2.30. The highest BCUT2D eigenvalue weighted by molar-refractivity contribution is 7.92. The minimum absolute atomic E-state index is 0.0190. The molecule has 0 saturated heterocycles. The Morgan fingerprint density at radius 2 is 2.16 bits per heavy atom. The van der Waals surface area contributed by atoms with Gasteiger partial charge >= 0.3 is 0 Å². The van der Waals surface area contributed by atoms with Gasteiger partial charge in [-0.3, -0.25) is 4.72 Å². The van der Waals surface area contributed by atoms with Crippen molar-refractivity contribution in [3.63, 3.8) is 0 Å². The minimum atomic E-state index is -3.75. The summed E-state index contributed by atoms with van der Waals surface area (Å²) < 4.78 is 31.7. The van der Waals surface area contributed by atoms with Gasteiger partial charge in [-0.25, -0.2) is 4.98 Å². The summed E-state index contributed by atoms with van der Waals surface area (Å²) in [5.41, 5.74) is 6.34. The monoisotopic (exact) mass is 282 g/mol. The fourth-order valence-electron chi connectivity index (χ4n) is 1.54. The number of methoxy groups -OCH3 is 1. The van der Waals surface area contributed by atoms with Gasteiger partial charge in [0.25, 0.3) is 10.0 Å². The van der Waals surface area contributed by atoms with Gasteiger partial charge in [-0.15, -0.1) is 0 Å². The maximum Gasteiger partial charge on any atom is 0.279 e. The Morgan fingerprint density at radius 1 is 1.42 bits per heavy atom. The number of H-pyrrole nitrogens is 1. The van der Waals surface area contributed by atoms with Gasteiger partial charge in [0.05, 0.1) is 19.0 Å². The number of sulfonamides is 1. The van der Waals surface area contributed by atoms with Crippen molar-refractivity contribution in [2.24, 2.45) is 0 Å². The highest BCUT2D eigenvalue weighted by atomic mass is 32.2. The predicted octanol–water partition coefficient (Wildman–Crippen LogP) is 1.11. The SMILES string of the molecule is COc1ccc(N)cc1NS(=O)(=O)c1cnc(C)[nH]1. The molecule has 2 aromatic rings. The maximum atomic E-state index is 12.1. The van der Waals surface area contributed by atoms with E-state index in [1.54, 1.807) is 19.1 Å². The number of rotatable bonds is 4. The zero-order valence-electron chi connectivity index (χ0n) is 10.5. The molecule has 8 heteroatoms. The topological polar surface area (TPSA) is 110 Å². The van der Waals surface area contributed by atoms with Gasteiger partial charge in [-0.2, -0.15) is 8.42 Å². The van der Waals surface area contributed by atoms with E-state index in [0.29, 0.717) is 17.3 Å². The van der Waals surface area contributed by atoms with Crippen LogP contribution < -0.4 is 15.2 Å². The van der Waals surface area contributed by atoms with Crippen LogP contribution >= 0.6 is 0 Å². The Kier molecular flexibility index (Phi) is 3.34. The predicted molar refractivity (Wildman–Crippen MR) is 71.5 cm³/mol. The molecule has 0 aliphatic carbocycles. The number of ether oxygens (including phenoxy) is 1. The molecular formula is C11H14N4O3S. The lowest BCUT2D eigenvalue weighted by molar-refractivity contribution is 0.417. The Hall–Kier alpha value is -2.22. The molecule has 2 rings (SSSR count). The lowest BCUT2D eigenvalue weighted by atomic mass is 10.2. The quantitative estimate of drug-likeness (QED) is 0.728. The van der Waals surface area contributed by atoms with E-state index in [1.165, 1.54) is 19.4 Å². The molecule has 0 atom stereocenters. The molecule has 4 N–H and O–H groups in total. The van der Waals surface area contributed by atoms with E-state index in [4.69, 9.17) is 10.5 Å². The average Bonchev–Trinajstić information content (AvgIpc) is 2.76. The fourth-order valence-corrected chi connectivity index (χ4v) is 2.57. The number of aryl methyl sites for hydroxylation is 1. The van der Waals surface area contributed by atoms with Crippen molar-refractivity contribution in [3.8, 4) is 5.75 Å². The lowest BCUT2D eigenvalue weighted by Crippen LogP contribution is -2.14. The third-order valence-electron chi connectivity index (χ3n) is 2.44. The average molecular weight is 282 g/mol. The van der Waals surface area contributed by atoms with Crippen LogP contribution in [0.3, 0.4) is 0 Å². The van der Waals surface area contributed by atoms with Crippen molar-refractivity contribution >= 4 is 21.4 Å². The number of nitrogens with one attached hydrogen (secondary N) is 2. The van der Waals surface area contributed by atoms with Crippen LogP contribution in [0.15, 0.2) is 29.4 Å². The van der Waals surface area contributed by atoms with E-state index >= 15 is 0 Å². The standard InChI is InChI=1S/C11H14N4O3S/c1-7-13-6-11(14-7)19(16,17)15-9-5-8(12)3-4-10(9)18-2/h3-6,15H,12H2,1-2H3,(H,13,14). The van der Waals surface area contributed by atoms with Crippen LogP contribution in [-0.4, -0.2) is 25.5 Å². The van der Waals surface area contributed by atoms with Gasteiger partial charge in [0, 0.05) is 5.69 Å². The first kappa shape index (κ1) is 13.2. The Morgan fingerprint density at radius 3 is 2.74 bits per heavy atom. The number of nitrogen functional groups attached to an aromatic ring is 1. The molecule has 1 aromatic carbocycles. The number of nitrogens with zero attached hydrogens (tertiary/aromatic N) is 1. The molecule has 0 fully saturated rings. The molecule has 19 heavy (non-hydrogen) atoms. The van der Waals surface area contributed by atoms with Gasteiger partial charge in [0.15, 0.2) is 5.03 Å². The van der Waals surface area contributed by atoms with E-state index in [9.17, 15) is 8.42 Å². The van der Waals surface area contributed by atoms with Crippen LogP contribution in [0.5, 0.6) is 5.75 Å². The summed E-state index contributed by atoms with van der Waals surface area (Å²) >= 11 is 0. The van der Waals surface area contributed by atoms with Crippen molar-refractivity contribution in [3.05, 3.63) is 30.2 Å². The van der Waals surface area contributed by atoms with Crippen LogP contribution in [0.1, 0.15) is 5.82 Å².